The van der Waals surface area contributed by atoms with Crippen molar-refractivity contribution in [2.75, 3.05) is 24.6 Å². The number of carbonyl (C=O) groups excluding carboxylic acids is 1. The molecule has 1 aliphatic heterocycles. The fraction of sp³-hybridized carbons (Fsp3) is 0.312. The van der Waals surface area contributed by atoms with Crippen molar-refractivity contribution in [3.63, 3.8) is 0 Å². The molecule has 1 aromatic carbocycles. The van der Waals surface area contributed by atoms with Crippen LogP contribution in [-0.4, -0.2) is 25.5 Å². The van der Waals surface area contributed by atoms with Gasteiger partial charge in [-0.15, -0.1) is 0 Å². The van der Waals surface area contributed by atoms with E-state index >= 15 is 0 Å². The van der Waals surface area contributed by atoms with Crippen molar-refractivity contribution >= 4 is 11.5 Å². The normalized spacial score (nSPS) is 18.8. The van der Waals surface area contributed by atoms with E-state index in [4.69, 9.17) is 9.15 Å². The van der Waals surface area contributed by atoms with Crippen molar-refractivity contribution in [2.24, 2.45) is 0 Å². The molecule has 0 radical (unpaired) electrons. The van der Waals surface area contributed by atoms with Crippen molar-refractivity contribution in [3.8, 4) is 0 Å². The molecule has 1 atom stereocenters. The molecule has 4 nitrogen and oxygen atoms in total. The Balaban J connectivity index is 1.90. The highest BCUT2D eigenvalue weighted by molar-refractivity contribution is 6.00. The molecule has 110 valence electrons. The molecule has 1 aromatic heterocycles. The minimum absolute atomic E-state index is 0.137. The number of halogens is 1. The maximum Gasteiger partial charge on any atom is 0.164 e. The Bertz CT molecular complexity index is 639. The number of ketones is 1. The van der Waals surface area contributed by atoms with Gasteiger partial charge in [-0.05, 0) is 31.2 Å². The third kappa shape index (κ3) is 2.69. The maximum absolute atomic E-state index is 13.9. The van der Waals surface area contributed by atoms with Crippen LogP contribution in [0.15, 0.2) is 41.0 Å². The summed E-state index contributed by atoms with van der Waals surface area (Å²) in [5, 5.41) is 0. The number of benzene rings is 1. The number of nitrogens with zero attached hydrogens (tertiary/aromatic N) is 1. The number of Topliss-reactive ketones (excluding diaryl/α,β-unsaturated/α-hetero) is 1. The van der Waals surface area contributed by atoms with Crippen LogP contribution < -0.4 is 4.90 Å². The predicted molar refractivity (Wildman–Crippen MR) is 76.0 cm³/mol. The minimum atomic E-state index is -0.485. The van der Waals surface area contributed by atoms with E-state index in [0.29, 0.717) is 25.4 Å². The second kappa shape index (κ2) is 5.69. The monoisotopic (exact) mass is 289 g/mol. The number of ether oxygens (including phenoxy) is 1. The quantitative estimate of drug-likeness (QED) is 0.814. The van der Waals surface area contributed by atoms with Crippen LogP contribution in [0.5, 0.6) is 0 Å². The van der Waals surface area contributed by atoms with Gasteiger partial charge in [-0.1, -0.05) is 6.07 Å². The van der Waals surface area contributed by atoms with Gasteiger partial charge in [0, 0.05) is 6.54 Å². The van der Waals surface area contributed by atoms with Crippen LogP contribution in [-0.2, 0) is 4.74 Å². The lowest BCUT2D eigenvalue weighted by molar-refractivity contribution is 0.0257. The number of anilines is 1. The topological polar surface area (TPSA) is 42.7 Å². The zero-order chi connectivity index (χ0) is 14.8. The second-order valence-electron chi connectivity index (χ2n) is 5.01. The molecule has 0 saturated carbocycles. The average Bonchev–Trinajstić information content (AvgIpc) is 3.01. The molecule has 1 saturated heterocycles. The van der Waals surface area contributed by atoms with Gasteiger partial charge in [0.1, 0.15) is 17.7 Å². The van der Waals surface area contributed by atoms with E-state index in [1.807, 2.05) is 11.0 Å². The summed E-state index contributed by atoms with van der Waals surface area (Å²) in [5.74, 6) is -0.0225. The van der Waals surface area contributed by atoms with Gasteiger partial charge in [-0.2, -0.15) is 0 Å². The first-order chi connectivity index (χ1) is 10.2. The number of hydrogen-bond donors (Lipinski definition) is 0. The molecule has 1 fully saturated rings. The van der Waals surface area contributed by atoms with Crippen LogP contribution >= 0.6 is 0 Å². The highest BCUT2D eigenvalue weighted by Gasteiger charge is 2.27. The van der Waals surface area contributed by atoms with Crippen LogP contribution in [0.25, 0.3) is 0 Å². The van der Waals surface area contributed by atoms with E-state index in [-0.39, 0.29) is 17.5 Å². The van der Waals surface area contributed by atoms with E-state index in [0.717, 1.165) is 5.76 Å². The fourth-order valence-corrected chi connectivity index (χ4v) is 2.64. The van der Waals surface area contributed by atoms with Crippen LogP contribution in [0.1, 0.15) is 29.1 Å². The first kappa shape index (κ1) is 13.8. The number of rotatable bonds is 3. The van der Waals surface area contributed by atoms with Crippen molar-refractivity contribution in [2.45, 2.75) is 13.0 Å². The summed E-state index contributed by atoms with van der Waals surface area (Å²) in [6, 6.07) is 8.36. The summed E-state index contributed by atoms with van der Waals surface area (Å²) in [6.07, 6.45) is 1.39. The van der Waals surface area contributed by atoms with E-state index < -0.39 is 5.82 Å². The maximum atomic E-state index is 13.9. The van der Waals surface area contributed by atoms with Crippen LogP contribution in [0.3, 0.4) is 0 Å². The molecule has 0 spiro atoms. The largest absolute Gasteiger partial charge is 0.467 e. The van der Waals surface area contributed by atoms with Gasteiger partial charge in [-0.3, -0.25) is 4.79 Å². The zero-order valence-electron chi connectivity index (χ0n) is 11.7. The van der Waals surface area contributed by atoms with Crippen molar-refractivity contribution in [1.82, 2.24) is 0 Å². The molecule has 2 aromatic rings. The zero-order valence-corrected chi connectivity index (χ0v) is 11.7. The summed E-state index contributed by atoms with van der Waals surface area (Å²) in [7, 11) is 0. The van der Waals surface area contributed by atoms with Gasteiger partial charge in [0.25, 0.3) is 0 Å². The standard InChI is InChI=1S/C16H16FNO3/c1-11(19)16-12(17)4-2-5-13(16)18-7-9-21-15(10-18)14-6-3-8-20-14/h2-6,8,15H,7,9-10H2,1H3. The summed E-state index contributed by atoms with van der Waals surface area (Å²) in [6.45, 7) is 3.02. The first-order valence-electron chi connectivity index (χ1n) is 6.86. The lowest BCUT2D eigenvalue weighted by atomic mass is 10.1. The number of carbonyl (C=O) groups is 1. The Labute approximate surface area is 122 Å². The van der Waals surface area contributed by atoms with Gasteiger partial charge in [0.15, 0.2) is 5.78 Å². The molecule has 5 heteroatoms. The summed E-state index contributed by atoms with van der Waals surface area (Å²) in [4.78, 5) is 13.7. The smallest absolute Gasteiger partial charge is 0.164 e. The van der Waals surface area contributed by atoms with Gasteiger partial charge < -0.3 is 14.1 Å². The molecule has 0 bridgehead atoms. The Morgan fingerprint density at radius 2 is 2.19 bits per heavy atom. The SMILES string of the molecule is CC(=O)c1c(F)cccc1N1CCOC(c2ccco2)C1. The first-order valence-corrected chi connectivity index (χ1v) is 6.86. The Kier molecular flexibility index (Phi) is 3.75. The number of morpholine rings is 1. The van der Waals surface area contributed by atoms with Gasteiger partial charge >= 0.3 is 0 Å². The van der Waals surface area contributed by atoms with E-state index in [1.54, 1.807) is 24.5 Å². The van der Waals surface area contributed by atoms with Crippen LogP contribution in [0, 0.1) is 5.82 Å². The summed E-state index contributed by atoms with van der Waals surface area (Å²) < 4.78 is 25.0. The number of furan rings is 1. The molecular weight excluding hydrogens is 273 g/mol. The van der Waals surface area contributed by atoms with Crippen molar-refractivity contribution in [1.29, 1.82) is 0 Å². The van der Waals surface area contributed by atoms with E-state index in [9.17, 15) is 9.18 Å². The molecular formula is C16H16FNO3. The highest BCUT2D eigenvalue weighted by atomic mass is 19.1. The minimum Gasteiger partial charge on any atom is -0.467 e. The van der Waals surface area contributed by atoms with Crippen LogP contribution in [0.4, 0.5) is 10.1 Å². The summed E-state index contributed by atoms with van der Waals surface area (Å²) >= 11 is 0. The third-order valence-corrected chi connectivity index (χ3v) is 3.61. The lowest BCUT2D eigenvalue weighted by Gasteiger charge is -2.34. The molecule has 0 amide bonds. The molecule has 0 N–H and O–H groups in total. The molecule has 3 rings (SSSR count). The van der Waals surface area contributed by atoms with Gasteiger partial charge in [-0.25, -0.2) is 4.39 Å². The molecule has 2 heterocycles. The highest BCUT2D eigenvalue weighted by Crippen LogP contribution is 2.30. The number of hydrogen-bond acceptors (Lipinski definition) is 4. The Morgan fingerprint density at radius 3 is 2.90 bits per heavy atom. The van der Waals surface area contributed by atoms with Gasteiger partial charge in [0.2, 0.25) is 0 Å². The second-order valence-corrected chi connectivity index (χ2v) is 5.01. The Morgan fingerprint density at radius 1 is 1.33 bits per heavy atom. The average molecular weight is 289 g/mol. The van der Waals surface area contributed by atoms with Gasteiger partial charge in [0.05, 0.1) is 30.7 Å². The molecule has 0 aliphatic carbocycles. The summed E-state index contributed by atoms with van der Waals surface area (Å²) in [5.41, 5.74) is 0.750. The van der Waals surface area contributed by atoms with Crippen molar-refractivity contribution in [3.05, 3.63) is 53.7 Å². The molecule has 1 unspecified atom stereocenters. The van der Waals surface area contributed by atoms with Crippen molar-refractivity contribution < 1.29 is 18.3 Å². The fourth-order valence-electron chi connectivity index (χ4n) is 2.64. The third-order valence-electron chi connectivity index (χ3n) is 3.61. The molecule has 21 heavy (non-hydrogen) atoms. The Hall–Kier alpha value is -2.14. The molecule has 1 aliphatic rings. The lowest BCUT2D eigenvalue weighted by Crippen LogP contribution is -2.39. The van der Waals surface area contributed by atoms with E-state index in [1.165, 1.54) is 13.0 Å². The van der Waals surface area contributed by atoms with Crippen LogP contribution in [0.2, 0.25) is 0 Å². The van der Waals surface area contributed by atoms with E-state index in [2.05, 4.69) is 0 Å². The predicted octanol–water partition coefficient (Wildman–Crippen LogP) is 3.20.